The van der Waals surface area contributed by atoms with E-state index < -0.39 is 12.3 Å². The average molecular weight is 447 g/mol. The van der Waals surface area contributed by atoms with Crippen LogP contribution in [0.4, 0.5) is 8.78 Å². The second kappa shape index (κ2) is 15.7. The lowest BCUT2D eigenvalue weighted by molar-refractivity contribution is 0.102. The summed E-state index contributed by atoms with van der Waals surface area (Å²) in [5, 5.41) is 0. The van der Waals surface area contributed by atoms with Crippen molar-refractivity contribution in [3.8, 4) is 17.1 Å². The van der Waals surface area contributed by atoms with Crippen molar-refractivity contribution in [2.45, 2.75) is 103 Å². The fourth-order valence-electron chi connectivity index (χ4n) is 3.67. The zero-order chi connectivity index (χ0) is 23.0. The lowest BCUT2D eigenvalue weighted by Gasteiger charge is -2.14. The number of hydrogen-bond donors (Lipinski definition) is 0. The Bertz CT molecular complexity index is 721. The van der Waals surface area contributed by atoms with Gasteiger partial charge in [0.25, 0.3) is 0 Å². The van der Waals surface area contributed by atoms with Crippen LogP contribution >= 0.6 is 0 Å². The van der Waals surface area contributed by atoms with Gasteiger partial charge in [-0.2, -0.15) is 0 Å². The molecule has 1 aromatic carbocycles. The molecule has 0 saturated carbocycles. The molecule has 2 atom stereocenters. The number of nitrogens with zero attached hydrogens (tertiary/aromatic N) is 2. The Morgan fingerprint density at radius 2 is 1.34 bits per heavy atom. The van der Waals surface area contributed by atoms with Crippen molar-refractivity contribution in [1.82, 2.24) is 9.97 Å². The number of benzene rings is 1. The van der Waals surface area contributed by atoms with Crippen LogP contribution in [-0.2, 0) is 6.42 Å². The molecule has 3 nitrogen and oxygen atoms in total. The molecule has 2 aromatic rings. The first-order chi connectivity index (χ1) is 15.6. The van der Waals surface area contributed by atoms with Crippen molar-refractivity contribution in [2.24, 2.45) is 0 Å². The molecule has 2 rings (SSSR count). The zero-order valence-electron chi connectivity index (χ0n) is 19.9. The fourth-order valence-corrected chi connectivity index (χ4v) is 3.67. The van der Waals surface area contributed by atoms with Gasteiger partial charge in [-0.3, -0.25) is 0 Å². The van der Waals surface area contributed by atoms with E-state index in [0.717, 1.165) is 30.4 Å². The van der Waals surface area contributed by atoms with E-state index in [0.29, 0.717) is 18.0 Å². The SMILES string of the molecule is CCCCCCCCCc1cnc(-c2ccc(OCC(F)C(F)CCCCC)cc2)nc1. The summed E-state index contributed by atoms with van der Waals surface area (Å²) in [6, 6.07) is 7.20. The Hall–Kier alpha value is -2.04. The van der Waals surface area contributed by atoms with E-state index in [-0.39, 0.29) is 13.0 Å². The first-order valence-corrected chi connectivity index (χ1v) is 12.5. The predicted molar refractivity (Wildman–Crippen MR) is 129 cm³/mol. The highest BCUT2D eigenvalue weighted by Crippen LogP contribution is 2.21. The number of aryl methyl sites for hydroxylation is 1. The van der Waals surface area contributed by atoms with Crippen LogP contribution in [0, 0.1) is 0 Å². The predicted octanol–water partition coefficient (Wildman–Crippen LogP) is 8.07. The van der Waals surface area contributed by atoms with Crippen molar-refractivity contribution in [3.63, 3.8) is 0 Å². The minimum absolute atomic E-state index is 0.254. The molecule has 0 N–H and O–H groups in total. The van der Waals surface area contributed by atoms with Gasteiger partial charge in [0.2, 0.25) is 0 Å². The number of hydrogen-bond acceptors (Lipinski definition) is 3. The van der Waals surface area contributed by atoms with Gasteiger partial charge in [0.05, 0.1) is 0 Å². The van der Waals surface area contributed by atoms with Gasteiger partial charge in [-0.1, -0.05) is 71.6 Å². The maximum atomic E-state index is 14.0. The first kappa shape index (κ1) is 26.2. The third-order valence-corrected chi connectivity index (χ3v) is 5.77. The van der Waals surface area contributed by atoms with Crippen LogP contribution in [0.1, 0.15) is 90.0 Å². The Kier molecular flexibility index (Phi) is 12.9. The third-order valence-electron chi connectivity index (χ3n) is 5.77. The molecule has 5 heteroatoms. The number of alkyl halides is 2. The number of aromatic nitrogens is 2. The molecule has 0 bridgehead atoms. The molecular formula is C27H40F2N2O. The second-order valence-corrected chi connectivity index (χ2v) is 8.65. The monoisotopic (exact) mass is 446 g/mol. The molecule has 0 amide bonds. The summed E-state index contributed by atoms with van der Waals surface area (Å²) in [6.07, 6.45) is 13.7. The molecule has 178 valence electrons. The molecule has 0 aliphatic rings. The van der Waals surface area contributed by atoms with E-state index in [4.69, 9.17) is 4.74 Å². The number of rotatable bonds is 17. The summed E-state index contributed by atoms with van der Waals surface area (Å²) in [5.74, 6) is 1.18. The fraction of sp³-hybridized carbons (Fsp3) is 0.630. The molecule has 0 saturated heterocycles. The van der Waals surface area contributed by atoms with E-state index in [1.165, 1.54) is 44.9 Å². The smallest absolute Gasteiger partial charge is 0.165 e. The summed E-state index contributed by atoms with van der Waals surface area (Å²) in [5.41, 5.74) is 2.04. The number of unbranched alkanes of at least 4 members (excludes halogenated alkanes) is 8. The zero-order valence-corrected chi connectivity index (χ0v) is 19.9. The topological polar surface area (TPSA) is 35.0 Å². The standard InChI is InChI=1S/C27H40F2N2O/c1-3-5-7-8-9-10-12-13-22-19-30-27(31-20-22)23-15-17-24(18-16-23)32-21-26(29)25(28)14-11-6-4-2/h15-20,25-26H,3-14,21H2,1-2H3. The van der Waals surface area contributed by atoms with Crippen molar-refractivity contribution in [2.75, 3.05) is 6.61 Å². The van der Waals surface area contributed by atoms with Gasteiger partial charge in [0.1, 0.15) is 18.5 Å². The largest absolute Gasteiger partial charge is 0.490 e. The van der Waals surface area contributed by atoms with Gasteiger partial charge in [-0.05, 0) is 49.1 Å². The Morgan fingerprint density at radius 1 is 0.750 bits per heavy atom. The molecule has 1 aromatic heterocycles. The molecule has 0 radical (unpaired) electrons. The normalized spacial score (nSPS) is 13.1. The minimum Gasteiger partial charge on any atom is -0.490 e. The van der Waals surface area contributed by atoms with Gasteiger partial charge >= 0.3 is 0 Å². The van der Waals surface area contributed by atoms with Gasteiger partial charge in [0.15, 0.2) is 12.0 Å². The van der Waals surface area contributed by atoms with Gasteiger partial charge in [-0.25, -0.2) is 18.7 Å². The van der Waals surface area contributed by atoms with Gasteiger partial charge < -0.3 is 4.74 Å². The molecule has 0 fully saturated rings. The molecular weight excluding hydrogens is 406 g/mol. The Balaban J connectivity index is 1.73. The van der Waals surface area contributed by atoms with E-state index in [1.54, 1.807) is 12.1 Å². The summed E-state index contributed by atoms with van der Waals surface area (Å²) in [7, 11) is 0. The van der Waals surface area contributed by atoms with Crippen LogP contribution in [0.5, 0.6) is 5.75 Å². The van der Waals surface area contributed by atoms with Crippen LogP contribution < -0.4 is 4.74 Å². The quantitative estimate of drug-likeness (QED) is 0.230. The minimum atomic E-state index is -1.60. The van der Waals surface area contributed by atoms with Crippen LogP contribution in [0.2, 0.25) is 0 Å². The molecule has 0 aliphatic heterocycles. The van der Waals surface area contributed by atoms with E-state index in [2.05, 4.69) is 16.9 Å². The van der Waals surface area contributed by atoms with E-state index in [1.807, 2.05) is 31.5 Å². The van der Waals surface area contributed by atoms with Crippen molar-refractivity contribution >= 4 is 0 Å². The lowest BCUT2D eigenvalue weighted by atomic mass is 10.1. The highest BCUT2D eigenvalue weighted by molar-refractivity contribution is 5.55. The number of ether oxygens (including phenoxy) is 1. The van der Waals surface area contributed by atoms with E-state index in [9.17, 15) is 8.78 Å². The Labute approximate surface area is 193 Å². The third kappa shape index (κ3) is 10.1. The van der Waals surface area contributed by atoms with Crippen LogP contribution in [-0.4, -0.2) is 28.9 Å². The highest BCUT2D eigenvalue weighted by atomic mass is 19.2. The van der Waals surface area contributed by atoms with Gasteiger partial charge in [-0.15, -0.1) is 0 Å². The maximum absolute atomic E-state index is 14.0. The number of halogens is 2. The summed E-state index contributed by atoms with van der Waals surface area (Å²) >= 11 is 0. The van der Waals surface area contributed by atoms with E-state index >= 15 is 0 Å². The van der Waals surface area contributed by atoms with Crippen molar-refractivity contribution < 1.29 is 13.5 Å². The van der Waals surface area contributed by atoms with Crippen LogP contribution in [0.15, 0.2) is 36.7 Å². The highest BCUT2D eigenvalue weighted by Gasteiger charge is 2.20. The average Bonchev–Trinajstić information content (AvgIpc) is 2.83. The van der Waals surface area contributed by atoms with Gasteiger partial charge in [0, 0.05) is 18.0 Å². The van der Waals surface area contributed by atoms with Crippen molar-refractivity contribution in [1.29, 1.82) is 0 Å². The summed E-state index contributed by atoms with van der Waals surface area (Å²) in [6.45, 7) is 4.02. The maximum Gasteiger partial charge on any atom is 0.165 e. The summed E-state index contributed by atoms with van der Waals surface area (Å²) in [4.78, 5) is 8.98. The van der Waals surface area contributed by atoms with Crippen LogP contribution in [0.3, 0.4) is 0 Å². The van der Waals surface area contributed by atoms with Crippen LogP contribution in [0.25, 0.3) is 11.4 Å². The summed E-state index contributed by atoms with van der Waals surface area (Å²) < 4.78 is 33.2. The Morgan fingerprint density at radius 3 is 2.00 bits per heavy atom. The first-order valence-electron chi connectivity index (χ1n) is 12.5. The molecule has 0 aliphatic carbocycles. The lowest BCUT2D eigenvalue weighted by Crippen LogP contribution is -2.24. The molecule has 32 heavy (non-hydrogen) atoms. The molecule has 2 unspecified atom stereocenters. The van der Waals surface area contributed by atoms with Crippen molar-refractivity contribution in [3.05, 3.63) is 42.2 Å². The second-order valence-electron chi connectivity index (χ2n) is 8.65. The molecule has 0 spiro atoms. The molecule has 1 heterocycles.